The number of hydrogen-bond acceptors (Lipinski definition) is 4. The number of alkyl halides is 1. The lowest BCUT2D eigenvalue weighted by Gasteiger charge is -2.27. The van der Waals surface area contributed by atoms with Crippen LogP contribution in [0.1, 0.15) is 54.6 Å². The van der Waals surface area contributed by atoms with E-state index in [0.717, 1.165) is 16.7 Å². The quantitative estimate of drug-likeness (QED) is 0.532. The zero-order chi connectivity index (χ0) is 24.2. The third-order valence-corrected chi connectivity index (χ3v) is 6.41. The highest BCUT2D eigenvalue weighted by Crippen LogP contribution is 2.31. The molecule has 0 bridgehead atoms. The minimum absolute atomic E-state index is 0.0299. The van der Waals surface area contributed by atoms with Crippen LogP contribution >= 0.6 is 11.6 Å². The number of benzene rings is 2. The molecule has 2 heterocycles. The van der Waals surface area contributed by atoms with Crippen molar-refractivity contribution in [1.82, 2.24) is 25.6 Å². The standard InChI is InChI=1S/C25H27ClFN5O2/c1-15(2)20-9-8-17(10-21(20)26)24(16-6-4-3-5-7-16)29-25(34)22-11-18(27)14-32(22)23(33)12-19-13-28-31-30-19/h3-10,13,15,18,22,24H,11-12,14H2,1-2H3,(H,29,34)(H,28,30,31)/t18-,22+,24+/m1/s1. The molecule has 178 valence electrons. The Balaban J connectivity index is 1.59. The van der Waals surface area contributed by atoms with Crippen molar-refractivity contribution in [2.24, 2.45) is 0 Å². The summed E-state index contributed by atoms with van der Waals surface area (Å²) in [5.41, 5.74) is 3.20. The number of rotatable bonds is 7. The van der Waals surface area contributed by atoms with Gasteiger partial charge in [0.05, 0.1) is 30.9 Å². The Morgan fingerprint density at radius 3 is 2.62 bits per heavy atom. The summed E-state index contributed by atoms with van der Waals surface area (Å²) in [4.78, 5) is 27.5. The molecule has 4 rings (SSSR count). The van der Waals surface area contributed by atoms with E-state index in [4.69, 9.17) is 11.6 Å². The maximum atomic E-state index is 14.4. The van der Waals surface area contributed by atoms with Gasteiger partial charge >= 0.3 is 0 Å². The minimum atomic E-state index is -1.27. The molecule has 0 radical (unpaired) electrons. The lowest BCUT2D eigenvalue weighted by atomic mass is 9.94. The van der Waals surface area contributed by atoms with Crippen molar-refractivity contribution in [3.05, 3.63) is 82.1 Å². The molecule has 3 aromatic rings. The average molecular weight is 484 g/mol. The predicted octanol–water partition coefficient (Wildman–Crippen LogP) is 3.97. The maximum Gasteiger partial charge on any atom is 0.243 e. The van der Waals surface area contributed by atoms with E-state index in [1.165, 1.54) is 11.1 Å². The topological polar surface area (TPSA) is 91.0 Å². The van der Waals surface area contributed by atoms with Gasteiger partial charge < -0.3 is 10.2 Å². The number of aromatic amines is 1. The fraction of sp³-hybridized carbons (Fsp3) is 0.360. The molecular formula is C25H27ClFN5O2. The van der Waals surface area contributed by atoms with E-state index < -0.39 is 24.2 Å². The molecule has 3 atom stereocenters. The van der Waals surface area contributed by atoms with Gasteiger partial charge in [0.1, 0.15) is 12.2 Å². The molecule has 0 saturated carbocycles. The molecular weight excluding hydrogens is 457 g/mol. The van der Waals surface area contributed by atoms with E-state index in [-0.39, 0.29) is 31.2 Å². The Morgan fingerprint density at radius 2 is 1.97 bits per heavy atom. The molecule has 2 aromatic carbocycles. The van der Waals surface area contributed by atoms with Crippen molar-refractivity contribution in [3.8, 4) is 0 Å². The van der Waals surface area contributed by atoms with Crippen molar-refractivity contribution < 1.29 is 14.0 Å². The normalized spacial score (nSPS) is 18.8. The Labute approximate surface area is 202 Å². The average Bonchev–Trinajstić information content (AvgIpc) is 3.47. The first-order chi connectivity index (χ1) is 16.3. The summed E-state index contributed by atoms with van der Waals surface area (Å²) in [5, 5.41) is 13.5. The highest BCUT2D eigenvalue weighted by Gasteiger charge is 2.40. The monoisotopic (exact) mass is 483 g/mol. The number of nitrogens with zero attached hydrogens (tertiary/aromatic N) is 3. The van der Waals surface area contributed by atoms with E-state index in [2.05, 4.69) is 34.6 Å². The van der Waals surface area contributed by atoms with Crippen LogP contribution in [0.25, 0.3) is 0 Å². The number of carbonyl (C=O) groups excluding carboxylic acids is 2. The summed E-state index contributed by atoms with van der Waals surface area (Å²) in [6, 6.07) is 13.9. The third-order valence-electron chi connectivity index (χ3n) is 6.08. The second-order valence-corrected chi connectivity index (χ2v) is 9.25. The first kappa shape index (κ1) is 23.9. The zero-order valence-corrected chi connectivity index (χ0v) is 19.8. The van der Waals surface area contributed by atoms with Crippen LogP contribution in [0.5, 0.6) is 0 Å². The molecule has 9 heteroatoms. The molecule has 34 heavy (non-hydrogen) atoms. The molecule has 1 fully saturated rings. The summed E-state index contributed by atoms with van der Waals surface area (Å²) in [7, 11) is 0. The van der Waals surface area contributed by atoms with Crippen LogP contribution in [0.15, 0.2) is 54.7 Å². The van der Waals surface area contributed by atoms with Crippen LogP contribution in [0, 0.1) is 0 Å². The van der Waals surface area contributed by atoms with E-state index >= 15 is 0 Å². The Morgan fingerprint density at radius 1 is 1.21 bits per heavy atom. The Bertz CT molecular complexity index is 1140. The highest BCUT2D eigenvalue weighted by molar-refractivity contribution is 6.31. The van der Waals surface area contributed by atoms with Crippen LogP contribution in [-0.2, 0) is 16.0 Å². The van der Waals surface area contributed by atoms with Gasteiger partial charge in [0.25, 0.3) is 0 Å². The van der Waals surface area contributed by atoms with Crippen molar-refractivity contribution >= 4 is 23.4 Å². The molecule has 0 spiro atoms. The van der Waals surface area contributed by atoms with Crippen LogP contribution in [-0.4, -0.2) is 50.9 Å². The van der Waals surface area contributed by atoms with Gasteiger partial charge in [-0.15, -0.1) is 5.10 Å². The SMILES string of the molecule is CC(C)c1ccc([C@@H](NC(=O)[C@@H]2C[C@@H](F)CN2C(=O)Cc2cnn[nH]2)c2ccccc2)cc1Cl. The summed E-state index contributed by atoms with van der Waals surface area (Å²) >= 11 is 6.54. The van der Waals surface area contributed by atoms with Crippen molar-refractivity contribution in [2.75, 3.05) is 6.54 Å². The predicted molar refractivity (Wildman–Crippen MR) is 127 cm³/mol. The first-order valence-electron chi connectivity index (χ1n) is 11.3. The largest absolute Gasteiger partial charge is 0.343 e. The summed E-state index contributed by atoms with van der Waals surface area (Å²) in [6.45, 7) is 4.01. The van der Waals surface area contributed by atoms with Gasteiger partial charge in [-0.3, -0.25) is 14.7 Å². The van der Waals surface area contributed by atoms with Gasteiger partial charge in [-0.1, -0.05) is 73.1 Å². The number of carbonyl (C=O) groups is 2. The number of nitrogens with one attached hydrogen (secondary N) is 2. The number of aromatic nitrogens is 3. The van der Waals surface area contributed by atoms with Gasteiger partial charge in [0, 0.05) is 11.4 Å². The molecule has 1 saturated heterocycles. The molecule has 0 unspecified atom stereocenters. The van der Waals surface area contributed by atoms with Crippen LogP contribution in [0.2, 0.25) is 5.02 Å². The minimum Gasteiger partial charge on any atom is -0.343 e. The number of halogens is 2. The number of amides is 2. The van der Waals surface area contributed by atoms with E-state index in [1.807, 2.05) is 48.5 Å². The third kappa shape index (κ3) is 5.28. The molecule has 1 aliphatic rings. The van der Waals surface area contributed by atoms with Gasteiger partial charge in [0.2, 0.25) is 11.8 Å². The van der Waals surface area contributed by atoms with Crippen LogP contribution in [0.4, 0.5) is 4.39 Å². The zero-order valence-electron chi connectivity index (χ0n) is 19.0. The van der Waals surface area contributed by atoms with E-state index in [0.29, 0.717) is 10.7 Å². The highest BCUT2D eigenvalue weighted by atomic mass is 35.5. The van der Waals surface area contributed by atoms with E-state index in [1.54, 1.807) is 0 Å². The molecule has 7 nitrogen and oxygen atoms in total. The molecule has 1 aliphatic heterocycles. The summed E-state index contributed by atoms with van der Waals surface area (Å²) < 4.78 is 14.4. The summed E-state index contributed by atoms with van der Waals surface area (Å²) in [6.07, 6.45) is 0.0894. The second kappa shape index (κ2) is 10.3. The lowest BCUT2D eigenvalue weighted by molar-refractivity contribution is -0.138. The van der Waals surface area contributed by atoms with Crippen molar-refractivity contribution in [3.63, 3.8) is 0 Å². The maximum absolute atomic E-state index is 14.4. The molecule has 2 amide bonds. The van der Waals surface area contributed by atoms with Crippen LogP contribution in [0.3, 0.4) is 0 Å². The second-order valence-electron chi connectivity index (χ2n) is 8.84. The molecule has 2 N–H and O–H groups in total. The van der Waals surface area contributed by atoms with Gasteiger partial charge in [-0.05, 0) is 28.7 Å². The Kier molecular flexibility index (Phi) is 7.26. The number of H-pyrrole nitrogens is 1. The van der Waals surface area contributed by atoms with Gasteiger partial charge in [0.15, 0.2) is 0 Å². The van der Waals surface area contributed by atoms with Gasteiger partial charge in [-0.2, -0.15) is 0 Å². The fourth-order valence-corrected chi connectivity index (χ4v) is 4.72. The lowest BCUT2D eigenvalue weighted by Crippen LogP contribution is -2.47. The number of hydrogen-bond donors (Lipinski definition) is 2. The van der Waals surface area contributed by atoms with E-state index in [9.17, 15) is 14.0 Å². The first-order valence-corrected chi connectivity index (χ1v) is 11.6. The molecule has 0 aliphatic carbocycles. The van der Waals surface area contributed by atoms with Crippen LogP contribution < -0.4 is 5.32 Å². The fourth-order valence-electron chi connectivity index (χ4n) is 4.31. The van der Waals surface area contributed by atoms with Crippen molar-refractivity contribution in [2.45, 2.75) is 50.9 Å². The molecule has 1 aromatic heterocycles. The summed E-state index contributed by atoms with van der Waals surface area (Å²) in [5.74, 6) is -0.503. The smallest absolute Gasteiger partial charge is 0.243 e. The Hall–Kier alpha value is -3.26. The number of likely N-dealkylation sites (tertiary alicyclic amines) is 1. The van der Waals surface area contributed by atoms with Gasteiger partial charge in [-0.25, -0.2) is 4.39 Å². The van der Waals surface area contributed by atoms with Crippen molar-refractivity contribution in [1.29, 1.82) is 0 Å².